The van der Waals surface area contributed by atoms with Gasteiger partial charge in [-0.3, -0.25) is 4.79 Å². The van der Waals surface area contributed by atoms with Crippen molar-refractivity contribution >= 4 is 17.9 Å². The molecule has 0 aromatic heterocycles. The lowest BCUT2D eigenvalue weighted by atomic mass is 10.4. The van der Waals surface area contributed by atoms with Crippen molar-refractivity contribution in [2.24, 2.45) is 0 Å². The van der Waals surface area contributed by atoms with Crippen LogP contribution in [0.25, 0.3) is 0 Å². The van der Waals surface area contributed by atoms with Crippen LogP contribution in [0.2, 0.25) is 0 Å². The van der Waals surface area contributed by atoms with Gasteiger partial charge in [-0.2, -0.15) is 13.2 Å². The van der Waals surface area contributed by atoms with E-state index in [9.17, 15) is 18.0 Å². The molecule has 60 valence electrons. The minimum Gasteiger partial charge on any atom is -0.347 e. The number of thiol groups is 1. The van der Waals surface area contributed by atoms with Gasteiger partial charge < -0.3 is 5.32 Å². The van der Waals surface area contributed by atoms with Gasteiger partial charge in [-0.15, -0.1) is 0 Å². The molecule has 10 heavy (non-hydrogen) atoms. The zero-order valence-electron chi connectivity index (χ0n) is 4.90. The van der Waals surface area contributed by atoms with Crippen LogP contribution < -0.4 is 5.32 Å². The molecule has 0 saturated heterocycles. The van der Waals surface area contributed by atoms with Crippen LogP contribution in [0.1, 0.15) is 6.42 Å². The summed E-state index contributed by atoms with van der Waals surface area (Å²) in [5.74, 6) is 0. The highest BCUT2D eigenvalue weighted by Gasteiger charge is 2.26. The Bertz CT molecular complexity index is 124. The van der Waals surface area contributed by atoms with Gasteiger partial charge in [0, 0.05) is 6.54 Å². The smallest absolute Gasteiger partial charge is 0.347 e. The van der Waals surface area contributed by atoms with Crippen molar-refractivity contribution in [2.75, 3.05) is 6.54 Å². The average molecular weight is 173 g/mol. The van der Waals surface area contributed by atoms with Gasteiger partial charge in [-0.25, -0.2) is 0 Å². The van der Waals surface area contributed by atoms with E-state index in [0.29, 0.717) is 0 Å². The van der Waals surface area contributed by atoms with Crippen LogP contribution in [0.3, 0.4) is 0 Å². The molecule has 0 heterocycles. The summed E-state index contributed by atoms with van der Waals surface area (Å²) in [5, 5.41) is 1.16. The maximum absolute atomic E-state index is 11.3. The third-order valence-corrected chi connectivity index (χ3v) is 0.843. The number of halogens is 3. The van der Waals surface area contributed by atoms with E-state index in [0.717, 1.165) is 0 Å². The summed E-state index contributed by atoms with van der Waals surface area (Å²) in [6, 6.07) is 0. The summed E-state index contributed by atoms with van der Waals surface area (Å²) in [5.41, 5.74) is 0. The average Bonchev–Trinajstić information content (AvgIpc) is 1.59. The highest BCUT2D eigenvalue weighted by molar-refractivity contribution is 7.96. The van der Waals surface area contributed by atoms with Crippen molar-refractivity contribution in [3.05, 3.63) is 0 Å². The maximum atomic E-state index is 11.3. The second kappa shape index (κ2) is 3.70. The standard InChI is InChI=1S/C4H6F3NOS/c5-4(6,7)1-2-8-3(9)10/h1-2H2,(H2,8,9,10). The summed E-state index contributed by atoms with van der Waals surface area (Å²) in [4.78, 5) is 9.92. The number of hydrogen-bond donors (Lipinski definition) is 2. The SMILES string of the molecule is O=C(S)NCCC(F)(F)F. The Hall–Kier alpha value is -0.390. The van der Waals surface area contributed by atoms with Crippen molar-refractivity contribution in [1.29, 1.82) is 0 Å². The van der Waals surface area contributed by atoms with Gasteiger partial charge in [0.1, 0.15) is 0 Å². The highest BCUT2D eigenvalue weighted by Crippen LogP contribution is 2.17. The fraction of sp³-hybridized carbons (Fsp3) is 0.750. The molecule has 2 nitrogen and oxygen atoms in total. The Morgan fingerprint density at radius 2 is 2.00 bits per heavy atom. The van der Waals surface area contributed by atoms with Crippen molar-refractivity contribution < 1.29 is 18.0 Å². The summed E-state index contributed by atoms with van der Waals surface area (Å²) in [7, 11) is 0. The van der Waals surface area contributed by atoms with Gasteiger partial charge >= 0.3 is 6.18 Å². The molecule has 0 atom stereocenters. The van der Waals surface area contributed by atoms with E-state index in [-0.39, 0.29) is 0 Å². The van der Waals surface area contributed by atoms with Crippen LogP contribution in [0, 0.1) is 0 Å². The van der Waals surface area contributed by atoms with Crippen molar-refractivity contribution in [3.8, 4) is 0 Å². The fourth-order valence-corrected chi connectivity index (χ4v) is 0.423. The summed E-state index contributed by atoms with van der Waals surface area (Å²) < 4.78 is 34.0. The molecule has 0 aromatic carbocycles. The number of carbonyl (C=O) groups is 1. The number of hydrogen-bond acceptors (Lipinski definition) is 1. The molecule has 0 aliphatic carbocycles. The summed E-state index contributed by atoms with van der Waals surface area (Å²) >= 11 is 3.21. The first kappa shape index (κ1) is 9.61. The first-order valence-corrected chi connectivity index (χ1v) is 2.90. The normalized spacial score (nSPS) is 11.2. The Morgan fingerprint density at radius 3 is 2.30 bits per heavy atom. The Morgan fingerprint density at radius 1 is 1.50 bits per heavy atom. The van der Waals surface area contributed by atoms with Crippen LogP contribution in [0.15, 0.2) is 0 Å². The molecule has 0 spiro atoms. The van der Waals surface area contributed by atoms with Crippen LogP contribution in [-0.4, -0.2) is 18.0 Å². The largest absolute Gasteiger partial charge is 0.390 e. The van der Waals surface area contributed by atoms with Gasteiger partial charge in [0.25, 0.3) is 5.24 Å². The Labute approximate surface area is 61.2 Å². The van der Waals surface area contributed by atoms with Crippen LogP contribution in [0.4, 0.5) is 18.0 Å². The molecule has 6 heteroatoms. The molecule has 0 aliphatic heterocycles. The fourth-order valence-electron chi connectivity index (χ4n) is 0.311. The lowest BCUT2D eigenvalue weighted by Crippen LogP contribution is -2.23. The van der Waals surface area contributed by atoms with E-state index < -0.39 is 24.4 Å². The number of nitrogens with one attached hydrogen (secondary N) is 1. The van der Waals surface area contributed by atoms with E-state index in [1.807, 2.05) is 5.32 Å². The first-order valence-electron chi connectivity index (χ1n) is 2.45. The zero-order chi connectivity index (χ0) is 8.20. The summed E-state index contributed by atoms with van der Waals surface area (Å²) in [6.07, 6.45) is -5.23. The van der Waals surface area contributed by atoms with Gasteiger partial charge in [0.05, 0.1) is 6.42 Å². The van der Waals surface area contributed by atoms with E-state index >= 15 is 0 Å². The highest BCUT2D eigenvalue weighted by atomic mass is 32.1. The van der Waals surface area contributed by atoms with Crippen LogP contribution >= 0.6 is 12.6 Å². The second-order valence-corrected chi connectivity index (χ2v) is 2.00. The maximum Gasteiger partial charge on any atom is 0.390 e. The monoisotopic (exact) mass is 173 g/mol. The number of carbonyl (C=O) groups excluding carboxylic acids is 1. The molecule has 1 N–H and O–H groups in total. The predicted octanol–water partition coefficient (Wildman–Crippen LogP) is 1.58. The molecular formula is C4H6F3NOS. The molecule has 1 amide bonds. The van der Waals surface area contributed by atoms with Gasteiger partial charge in [-0.1, -0.05) is 12.6 Å². The van der Waals surface area contributed by atoms with Crippen molar-refractivity contribution in [2.45, 2.75) is 12.6 Å². The minimum absolute atomic E-state index is 0.411. The third kappa shape index (κ3) is 7.61. The van der Waals surface area contributed by atoms with Gasteiger partial charge in [0.15, 0.2) is 0 Å². The zero-order valence-corrected chi connectivity index (χ0v) is 5.80. The predicted molar refractivity (Wildman–Crippen MR) is 33.1 cm³/mol. The lowest BCUT2D eigenvalue weighted by molar-refractivity contribution is -0.132. The Kier molecular flexibility index (Phi) is 3.55. The van der Waals surface area contributed by atoms with E-state index in [1.165, 1.54) is 0 Å². The lowest BCUT2D eigenvalue weighted by Gasteiger charge is -2.04. The topological polar surface area (TPSA) is 29.1 Å². The second-order valence-electron chi connectivity index (χ2n) is 1.60. The third-order valence-electron chi connectivity index (χ3n) is 0.685. The molecule has 0 aromatic rings. The van der Waals surface area contributed by atoms with Crippen LogP contribution in [-0.2, 0) is 0 Å². The number of rotatable bonds is 2. The van der Waals surface area contributed by atoms with Crippen molar-refractivity contribution in [1.82, 2.24) is 5.32 Å². The van der Waals surface area contributed by atoms with Crippen LogP contribution in [0.5, 0.6) is 0 Å². The molecule has 0 aliphatic rings. The first-order chi connectivity index (χ1) is 4.42. The minimum atomic E-state index is -4.21. The van der Waals surface area contributed by atoms with Crippen molar-refractivity contribution in [3.63, 3.8) is 0 Å². The molecule has 0 unspecified atom stereocenters. The summed E-state index contributed by atoms with van der Waals surface area (Å²) in [6.45, 7) is -0.411. The van der Waals surface area contributed by atoms with Gasteiger partial charge in [0.2, 0.25) is 0 Å². The molecule has 0 bridgehead atoms. The quantitative estimate of drug-likeness (QED) is 0.610. The van der Waals surface area contributed by atoms with E-state index in [2.05, 4.69) is 12.6 Å². The number of alkyl halides is 3. The number of amides is 1. The molecule has 0 saturated carbocycles. The molecule has 0 radical (unpaired) electrons. The molecular weight excluding hydrogens is 167 g/mol. The Balaban J connectivity index is 3.29. The van der Waals surface area contributed by atoms with Gasteiger partial charge in [-0.05, 0) is 0 Å². The van der Waals surface area contributed by atoms with E-state index in [4.69, 9.17) is 0 Å². The molecule has 0 rings (SSSR count). The molecule has 0 fully saturated rings. The van der Waals surface area contributed by atoms with E-state index in [1.54, 1.807) is 0 Å².